The van der Waals surface area contributed by atoms with Gasteiger partial charge in [-0.15, -0.1) is 0 Å². The number of likely N-dealkylation sites (tertiary alicyclic amines) is 1. The van der Waals surface area contributed by atoms with Crippen LogP contribution in [0.15, 0.2) is 24.3 Å². The van der Waals surface area contributed by atoms with Crippen molar-refractivity contribution >= 4 is 0 Å². The van der Waals surface area contributed by atoms with Crippen LogP contribution in [-0.2, 0) is 0 Å². The van der Waals surface area contributed by atoms with Gasteiger partial charge in [0.05, 0.1) is 0 Å². The zero-order chi connectivity index (χ0) is 14.5. The molecule has 0 aliphatic carbocycles. The molecule has 0 amide bonds. The summed E-state index contributed by atoms with van der Waals surface area (Å²) < 4.78 is 0. The van der Waals surface area contributed by atoms with Crippen molar-refractivity contribution in [1.29, 1.82) is 0 Å². The Labute approximate surface area is 124 Å². The van der Waals surface area contributed by atoms with E-state index in [4.69, 9.17) is 0 Å². The molecule has 0 bridgehead atoms. The van der Waals surface area contributed by atoms with E-state index in [1.165, 1.54) is 37.1 Å². The summed E-state index contributed by atoms with van der Waals surface area (Å²) in [5.74, 6) is 0.863. The molecule has 0 spiro atoms. The Balaban J connectivity index is 1.96. The first-order valence-corrected chi connectivity index (χ1v) is 8.14. The molecule has 2 nitrogen and oxygen atoms in total. The second-order valence-electron chi connectivity index (χ2n) is 6.50. The van der Waals surface area contributed by atoms with Crippen LogP contribution in [0.1, 0.15) is 50.8 Å². The Bertz CT molecular complexity index is 416. The van der Waals surface area contributed by atoms with Gasteiger partial charge < -0.3 is 10.2 Å². The van der Waals surface area contributed by atoms with Crippen molar-refractivity contribution in [3.8, 4) is 0 Å². The first-order chi connectivity index (χ1) is 9.60. The van der Waals surface area contributed by atoms with Gasteiger partial charge in [-0.25, -0.2) is 0 Å². The Hall–Kier alpha value is -0.860. The van der Waals surface area contributed by atoms with Gasteiger partial charge in [-0.2, -0.15) is 0 Å². The number of hydrogen-bond donors (Lipinski definition) is 1. The van der Waals surface area contributed by atoms with Gasteiger partial charge in [0.1, 0.15) is 0 Å². The van der Waals surface area contributed by atoms with Crippen LogP contribution in [0.2, 0.25) is 0 Å². The van der Waals surface area contributed by atoms with E-state index in [1.54, 1.807) is 0 Å². The average Bonchev–Trinajstić information content (AvgIpc) is 2.73. The monoisotopic (exact) mass is 274 g/mol. The number of aryl methyl sites for hydroxylation is 1. The summed E-state index contributed by atoms with van der Waals surface area (Å²) in [6, 6.07) is 10.2. The van der Waals surface area contributed by atoms with Gasteiger partial charge in [0.25, 0.3) is 0 Å². The maximum absolute atomic E-state index is 3.65. The number of benzene rings is 1. The van der Waals surface area contributed by atoms with Crippen LogP contribution in [0, 0.1) is 12.8 Å². The van der Waals surface area contributed by atoms with Gasteiger partial charge in [0, 0.05) is 25.2 Å². The third kappa shape index (κ3) is 4.07. The maximum Gasteiger partial charge on any atom is 0.0332 e. The summed E-state index contributed by atoms with van der Waals surface area (Å²) in [5.41, 5.74) is 2.79. The molecule has 2 heteroatoms. The highest BCUT2D eigenvalue weighted by Gasteiger charge is 2.26. The van der Waals surface area contributed by atoms with Crippen molar-refractivity contribution in [3.05, 3.63) is 35.4 Å². The summed E-state index contributed by atoms with van der Waals surface area (Å²) in [4.78, 5) is 2.66. The largest absolute Gasteiger partial charge is 0.310 e. The second-order valence-corrected chi connectivity index (χ2v) is 6.50. The zero-order valence-corrected chi connectivity index (χ0v) is 13.5. The minimum Gasteiger partial charge on any atom is -0.310 e. The van der Waals surface area contributed by atoms with Gasteiger partial charge in [0.15, 0.2) is 0 Å². The molecule has 1 saturated heterocycles. The third-order valence-electron chi connectivity index (χ3n) is 4.51. The average molecular weight is 274 g/mol. The fourth-order valence-corrected chi connectivity index (χ4v) is 3.51. The Morgan fingerprint density at radius 3 is 2.75 bits per heavy atom. The molecule has 1 aliphatic heterocycles. The molecular formula is C18H30N2. The lowest BCUT2D eigenvalue weighted by atomic mass is 10.0. The fraction of sp³-hybridized carbons (Fsp3) is 0.667. The first-order valence-electron chi connectivity index (χ1n) is 8.14. The molecule has 2 rings (SSSR count). The molecular weight excluding hydrogens is 244 g/mol. The minimum absolute atomic E-state index is 0.489. The first kappa shape index (κ1) is 15.5. The van der Waals surface area contributed by atoms with Gasteiger partial charge in [0.2, 0.25) is 0 Å². The van der Waals surface area contributed by atoms with Crippen LogP contribution in [0.5, 0.6) is 0 Å². The van der Waals surface area contributed by atoms with E-state index in [0.717, 1.165) is 18.5 Å². The highest BCUT2D eigenvalue weighted by molar-refractivity contribution is 5.25. The Morgan fingerprint density at radius 1 is 1.35 bits per heavy atom. The van der Waals surface area contributed by atoms with Crippen molar-refractivity contribution in [2.75, 3.05) is 19.6 Å². The molecule has 0 aromatic heterocycles. The van der Waals surface area contributed by atoms with Crippen LogP contribution in [0.3, 0.4) is 0 Å². The highest BCUT2D eigenvalue weighted by Crippen LogP contribution is 2.25. The van der Waals surface area contributed by atoms with Crippen molar-refractivity contribution < 1.29 is 0 Å². The third-order valence-corrected chi connectivity index (χ3v) is 4.51. The van der Waals surface area contributed by atoms with Crippen LogP contribution in [0.25, 0.3) is 0 Å². The SMILES string of the molecule is CCNC(CCN1CC(C)CC1C)c1cccc(C)c1. The molecule has 1 aromatic carbocycles. The Kier molecular flexibility index (Phi) is 5.62. The van der Waals surface area contributed by atoms with Crippen LogP contribution < -0.4 is 5.32 Å². The molecule has 112 valence electrons. The summed E-state index contributed by atoms with van der Waals surface area (Å²) in [6.45, 7) is 12.6. The van der Waals surface area contributed by atoms with Gasteiger partial charge in [-0.1, -0.05) is 43.7 Å². The lowest BCUT2D eigenvalue weighted by molar-refractivity contribution is 0.249. The summed E-state index contributed by atoms with van der Waals surface area (Å²) in [7, 11) is 0. The lowest BCUT2D eigenvalue weighted by Gasteiger charge is -2.25. The van der Waals surface area contributed by atoms with Gasteiger partial charge >= 0.3 is 0 Å². The molecule has 20 heavy (non-hydrogen) atoms. The molecule has 0 radical (unpaired) electrons. The minimum atomic E-state index is 0.489. The standard InChI is InChI=1S/C18H30N2/c1-5-19-18(17-8-6-7-14(2)12-17)9-10-20-13-15(3)11-16(20)4/h6-8,12,15-16,18-19H,5,9-11,13H2,1-4H3. The zero-order valence-electron chi connectivity index (χ0n) is 13.5. The predicted octanol–water partition coefficient (Wildman–Crippen LogP) is 3.77. The number of rotatable bonds is 6. The van der Waals surface area contributed by atoms with E-state index in [1.807, 2.05) is 0 Å². The van der Waals surface area contributed by atoms with E-state index in [0.29, 0.717) is 6.04 Å². The summed E-state index contributed by atoms with van der Waals surface area (Å²) in [6.07, 6.45) is 2.56. The van der Waals surface area contributed by atoms with E-state index in [2.05, 4.69) is 62.2 Å². The second kappa shape index (κ2) is 7.24. The quantitative estimate of drug-likeness (QED) is 0.849. The van der Waals surface area contributed by atoms with E-state index < -0.39 is 0 Å². The van der Waals surface area contributed by atoms with Gasteiger partial charge in [-0.3, -0.25) is 0 Å². The van der Waals surface area contributed by atoms with Crippen LogP contribution in [-0.4, -0.2) is 30.6 Å². The van der Waals surface area contributed by atoms with Crippen molar-refractivity contribution in [3.63, 3.8) is 0 Å². The molecule has 1 heterocycles. The molecule has 1 aliphatic rings. The van der Waals surface area contributed by atoms with E-state index in [-0.39, 0.29) is 0 Å². The molecule has 0 saturated carbocycles. The van der Waals surface area contributed by atoms with Crippen molar-refractivity contribution in [1.82, 2.24) is 10.2 Å². The van der Waals surface area contributed by atoms with Crippen molar-refractivity contribution in [2.45, 2.75) is 52.6 Å². The smallest absolute Gasteiger partial charge is 0.0332 e. The van der Waals surface area contributed by atoms with E-state index in [9.17, 15) is 0 Å². The number of hydrogen-bond acceptors (Lipinski definition) is 2. The molecule has 3 unspecified atom stereocenters. The highest BCUT2D eigenvalue weighted by atomic mass is 15.2. The van der Waals surface area contributed by atoms with Crippen molar-refractivity contribution in [2.24, 2.45) is 5.92 Å². The predicted molar refractivity (Wildman–Crippen MR) is 87.0 cm³/mol. The molecule has 1 fully saturated rings. The van der Waals surface area contributed by atoms with Crippen LogP contribution >= 0.6 is 0 Å². The summed E-state index contributed by atoms with van der Waals surface area (Å²) >= 11 is 0. The summed E-state index contributed by atoms with van der Waals surface area (Å²) in [5, 5.41) is 3.65. The normalized spacial score (nSPS) is 25.0. The lowest BCUT2D eigenvalue weighted by Crippen LogP contribution is -2.32. The topological polar surface area (TPSA) is 15.3 Å². The maximum atomic E-state index is 3.65. The number of nitrogens with one attached hydrogen (secondary N) is 1. The Morgan fingerprint density at radius 2 is 2.15 bits per heavy atom. The van der Waals surface area contributed by atoms with Crippen LogP contribution in [0.4, 0.5) is 0 Å². The fourth-order valence-electron chi connectivity index (χ4n) is 3.51. The molecule has 3 atom stereocenters. The molecule has 1 N–H and O–H groups in total. The van der Waals surface area contributed by atoms with Gasteiger partial charge in [-0.05, 0) is 44.7 Å². The van der Waals surface area contributed by atoms with E-state index >= 15 is 0 Å². The number of nitrogens with zero attached hydrogens (tertiary/aromatic N) is 1. The molecule has 1 aromatic rings.